The van der Waals surface area contributed by atoms with Crippen LogP contribution in [0.5, 0.6) is 0 Å². The van der Waals surface area contributed by atoms with Crippen molar-refractivity contribution in [3.05, 3.63) is 29.6 Å². The number of nitrogens with zero attached hydrogens (tertiary/aromatic N) is 1. The van der Waals surface area contributed by atoms with E-state index < -0.39 is 0 Å². The van der Waals surface area contributed by atoms with Crippen molar-refractivity contribution in [1.29, 1.82) is 0 Å². The van der Waals surface area contributed by atoms with E-state index in [0.717, 1.165) is 11.3 Å². The molecule has 1 heterocycles. The minimum absolute atomic E-state index is 0.0232. The summed E-state index contributed by atoms with van der Waals surface area (Å²) < 4.78 is 0. The highest BCUT2D eigenvalue weighted by molar-refractivity contribution is 5.17. The molecule has 0 aromatic carbocycles. The van der Waals surface area contributed by atoms with Gasteiger partial charge in [0.05, 0.1) is 6.61 Å². The Morgan fingerprint density at radius 3 is 2.92 bits per heavy atom. The van der Waals surface area contributed by atoms with Gasteiger partial charge in [0.2, 0.25) is 0 Å². The fraction of sp³-hybridized carbons (Fsp3) is 0.444. The van der Waals surface area contributed by atoms with Crippen molar-refractivity contribution in [2.75, 3.05) is 13.2 Å². The molecule has 1 rings (SSSR count). The summed E-state index contributed by atoms with van der Waals surface area (Å²) >= 11 is 0. The Bertz CT molecular complexity index is 246. The lowest BCUT2D eigenvalue weighted by molar-refractivity contribution is 0.265. The lowest BCUT2D eigenvalue weighted by Crippen LogP contribution is -2.17. The monoisotopic (exact) mass is 166 g/mol. The molecule has 0 saturated heterocycles. The Labute approximate surface area is 72.2 Å². The highest BCUT2D eigenvalue weighted by atomic mass is 16.3. The second kappa shape index (κ2) is 4.18. The summed E-state index contributed by atoms with van der Waals surface area (Å²) in [7, 11) is 0. The number of aromatic nitrogens is 1. The van der Waals surface area contributed by atoms with Crippen LogP contribution >= 0.6 is 0 Å². The van der Waals surface area contributed by atoms with Crippen molar-refractivity contribution in [2.24, 2.45) is 5.73 Å². The van der Waals surface area contributed by atoms with Crippen LogP contribution in [0.3, 0.4) is 0 Å². The van der Waals surface area contributed by atoms with Crippen LogP contribution in [0.4, 0.5) is 0 Å². The molecule has 1 unspecified atom stereocenters. The van der Waals surface area contributed by atoms with Gasteiger partial charge in [0.1, 0.15) is 0 Å². The zero-order chi connectivity index (χ0) is 8.97. The molecule has 3 heteroatoms. The number of hydrogen-bond donors (Lipinski definition) is 2. The Morgan fingerprint density at radius 2 is 2.42 bits per heavy atom. The smallest absolute Gasteiger partial charge is 0.0527 e. The molecule has 0 radical (unpaired) electrons. The largest absolute Gasteiger partial charge is 0.396 e. The van der Waals surface area contributed by atoms with Crippen LogP contribution < -0.4 is 5.73 Å². The van der Waals surface area contributed by atoms with Crippen molar-refractivity contribution in [2.45, 2.75) is 12.8 Å². The number of aryl methyl sites for hydroxylation is 1. The predicted molar refractivity (Wildman–Crippen MR) is 47.9 cm³/mol. The highest BCUT2D eigenvalue weighted by Crippen LogP contribution is 2.11. The van der Waals surface area contributed by atoms with Gasteiger partial charge in [0, 0.05) is 24.4 Å². The molecule has 66 valence electrons. The fourth-order valence-corrected chi connectivity index (χ4v) is 1.07. The van der Waals surface area contributed by atoms with E-state index in [1.807, 2.05) is 19.1 Å². The molecule has 0 aliphatic rings. The van der Waals surface area contributed by atoms with Gasteiger partial charge in [-0.25, -0.2) is 0 Å². The van der Waals surface area contributed by atoms with E-state index in [0.29, 0.717) is 6.54 Å². The van der Waals surface area contributed by atoms with Gasteiger partial charge in [-0.3, -0.25) is 4.98 Å². The highest BCUT2D eigenvalue weighted by Gasteiger charge is 2.08. The van der Waals surface area contributed by atoms with Gasteiger partial charge in [-0.2, -0.15) is 0 Å². The first-order chi connectivity index (χ1) is 5.77. The van der Waals surface area contributed by atoms with Gasteiger partial charge in [0.25, 0.3) is 0 Å². The van der Waals surface area contributed by atoms with E-state index in [1.165, 1.54) is 0 Å². The zero-order valence-electron chi connectivity index (χ0n) is 7.20. The topological polar surface area (TPSA) is 59.1 Å². The zero-order valence-corrected chi connectivity index (χ0v) is 7.20. The lowest BCUT2D eigenvalue weighted by Gasteiger charge is -2.10. The van der Waals surface area contributed by atoms with Gasteiger partial charge < -0.3 is 10.8 Å². The van der Waals surface area contributed by atoms with Gasteiger partial charge in [-0.1, -0.05) is 0 Å². The molecule has 0 spiro atoms. The lowest BCUT2D eigenvalue weighted by atomic mass is 10.1. The molecular formula is C9H14N2O. The molecule has 0 aliphatic heterocycles. The summed E-state index contributed by atoms with van der Waals surface area (Å²) in [6.45, 7) is 2.50. The van der Waals surface area contributed by atoms with Crippen LogP contribution in [-0.2, 0) is 0 Å². The molecule has 3 nitrogen and oxygen atoms in total. The molecular weight excluding hydrogens is 152 g/mol. The van der Waals surface area contributed by atoms with Crippen molar-refractivity contribution in [1.82, 2.24) is 4.98 Å². The van der Waals surface area contributed by atoms with Crippen molar-refractivity contribution in [3.8, 4) is 0 Å². The molecule has 12 heavy (non-hydrogen) atoms. The molecule has 1 atom stereocenters. The summed E-state index contributed by atoms with van der Waals surface area (Å²) in [5.41, 5.74) is 7.49. The third-order valence-electron chi connectivity index (χ3n) is 1.86. The van der Waals surface area contributed by atoms with E-state index >= 15 is 0 Å². The predicted octanol–water partition coefficient (Wildman–Crippen LogP) is 0.425. The molecule has 0 saturated carbocycles. The third kappa shape index (κ3) is 2.03. The first kappa shape index (κ1) is 9.16. The number of pyridine rings is 1. The van der Waals surface area contributed by atoms with Crippen LogP contribution in [0.25, 0.3) is 0 Å². The molecule has 1 aromatic heterocycles. The standard InChI is InChI=1S/C9H14N2O/c1-7-2-3-11-9(4-7)8(5-10)6-12/h2-4,8,12H,5-6,10H2,1H3. The third-order valence-corrected chi connectivity index (χ3v) is 1.86. The van der Waals surface area contributed by atoms with Crippen LogP contribution in [0.1, 0.15) is 17.2 Å². The minimum Gasteiger partial charge on any atom is -0.396 e. The summed E-state index contributed by atoms with van der Waals surface area (Å²) in [4.78, 5) is 4.14. The summed E-state index contributed by atoms with van der Waals surface area (Å²) in [5, 5.41) is 8.95. The van der Waals surface area contributed by atoms with Gasteiger partial charge in [-0.15, -0.1) is 0 Å². The Hall–Kier alpha value is -0.930. The molecule has 0 bridgehead atoms. The molecule has 0 amide bonds. The second-order valence-corrected chi connectivity index (χ2v) is 2.87. The minimum atomic E-state index is -0.0232. The molecule has 1 aromatic rings. The first-order valence-electron chi connectivity index (χ1n) is 4.01. The van der Waals surface area contributed by atoms with E-state index in [4.69, 9.17) is 10.8 Å². The average Bonchev–Trinajstić information content (AvgIpc) is 2.07. The number of nitrogens with two attached hydrogens (primary N) is 1. The summed E-state index contributed by atoms with van der Waals surface area (Å²) in [5.74, 6) is -0.0232. The van der Waals surface area contributed by atoms with E-state index in [9.17, 15) is 0 Å². The number of rotatable bonds is 3. The Morgan fingerprint density at radius 1 is 1.67 bits per heavy atom. The van der Waals surface area contributed by atoms with Crippen molar-refractivity contribution >= 4 is 0 Å². The van der Waals surface area contributed by atoms with Crippen LogP contribution in [0.2, 0.25) is 0 Å². The van der Waals surface area contributed by atoms with Gasteiger partial charge in [-0.05, 0) is 24.6 Å². The number of aliphatic hydroxyl groups excluding tert-OH is 1. The van der Waals surface area contributed by atoms with E-state index in [2.05, 4.69) is 4.98 Å². The second-order valence-electron chi connectivity index (χ2n) is 2.87. The van der Waals surface area contributed by atoms with E-state index in [1.54, 1.807) is 6.20 Å². The average molecular weight is 166 g/mol. The number of hydrogen-bond acceptors (Lipinski definition) is 3. The van der Waals surface area contributed by atoms with Gasteiger partial charge >= 0.3 is 0 Å². The molecule has 0 aliphatic carbocycles. The maximum atomic E-state index is 8.95. The summed E-state index contributed by atoms with van der Waals surface area (Å²) in [6, 6.07) is 3.88. The maximum Gasteiger partial charge on any atom is 0.0527 e. The molecule has 3 N–H and O–H groups in total. The Kier molecular flexibility index (Phi) is 3.19. The quantitative estimate of drug-likeness (QED) is 0.684. The Balaban J connectivity index is 2.85. The van der Waals surface area contributed by atoms with Crippen molar-refractivity contribution in [3.63, 3.8) is 0 Å². The normalized spacial score (nSPS) is 12.9. The fourth-order valence-electron chi connectivity index (χ4n) is 1.07. The SMILES string of the molecule is Cc1ccnc(C(CN)CO)c1. The summed E-state index contributed by atoms with van der Waals surface area (Å²) in [6.07, 6.45) is 1.74. The number of aliphatic hydroxyl groups is 1. The van der Waals surface area contributed by atoms with Crippen LogP contribution in [0, 0.1) is 6.92 Å². The van der Waals surface area contributed by atoms with Gasteiger partial charge in [0.15, 0.2) is 0 Å². The maximum absolute atomic E-state index is 8.95. The van der Waals surface area contributed by atoms with Crippen LogP contribution in [0.15, 0.2) is 18.3 Å². The van der Waals surface area contributed by atoms with E-state index in [-0.39, 0.29) is 12.5 Å². The molecule has 0 fully saturated rings. The first-order valence-corrected chi connectivity index (χ1v) is 4.01. The van der Waals surface area contributed by atoms with Crippen LogP contribution in [-0.4, -0.2) is 23.2 Å². The van der Waals surface area contributed by atoms with Crippen molar-refractivity contribution < 1.29 is 5.11 Å².